The Morgan fingerprint density at radius 3 is 2.59 bits per heavy atom. The second-order valence-corrected chi connectivity index (χ2v) is 5.97. The number of rotatable bonds is 3. The van der Waals surface area contributed by atoms with E-state index in [0.717, 1.165) is 38.7 Å². The van der Waals surface area contributed by atoms with E-state index in [1.807, 2.05) is 6.92 Å². The van der Waals surface area contributed by atoms with Crippen molar-refractivity contribution in [3.05, 3.63) is 0 Å². The summed E-state index contributed by atoms with van der Waals surface area (Å²) in [6, 6.07) is 0. The van der Waals surface area contributed by atoms with Gasteiger partial charge in [0, 0.05) is 18.6 Å². The van der Waals surface area contributed by atoms with E-state index in [1.165, 1.54) is 0 Å². The van der Waals surface area contributed by atoms with Crippen molar-refractivity contribution in [1.82, 2.24) is 5.32 Å². The lowest BCUT2D eigenvalue weighted by Gasteiger charge is -2.31. The molecule has 1 saturated carbocycles. The van der Waals surface area contributed by atoms with Gasteiger partial charge in [0.2, 0.25) is 5.91 Å². The summed E-state index contributed by atoms with van der Waals surface area (Å²) in [7, 11) is 0. The lowest BCUT2D eigenvalue weighted by Crippen LogP contribution is -2.53. The van der Waals surface area contributed by atoms with E-state index in [0.29, 0.717) is 6.42 Å². The molecule has 1 aliphatic heterocycles. The summed E-state index contributed by atoms with van der Waals surface area (Å²) in [5, 5.41) is 3.11. The second-order valence-electron chi connectivity index (χ2n) is 5.97. The Balaban J connectivity index is 1.88. The maximum absolute atomic E-state index is 12.1. The maximum Gasteiger partial charge on any atom is 0.222 e. The van der Waals surface area contributed by atoms with Crippen LogP contribution in [0.5, 0.6) is 0 Å². The summed E-state index contributed by atoms with van der Waals surface area (Å²) in [5.41, 5.74) is 5.74. The average molecular weight is 240 g/mol. The molecule has 0 aromatic rings. The third-order valence-electron chi connectivity index (χ3n) is 4.42. The SMILES string of the molecule is CC1OCCC1(C)NC(=O)CC1(N)CCCC1. The zero-order chi connectivity index (χ0) is 12.5. The minimum Gasteiger partial charge on any atom is -0.376 e. The molecule has 2 rings (SSSR count). The van der Waals surface area contributed by atoms with Crippen LogP contribution in [0.2, 0.25) is 0 Å². The number of hydrogen-bond acceptors (Lipinski definition) is 3. The Morgan fingerprint density at radius 2 is 2.06 bits per heavy atom. The fourth-order valence-electron chi connectivity index (χ4n) is 2.94. The number of nitrogens with two attached hydrogens (primary N) is 1. The third kappa shape index (κ3) is 2.80. The van der Waals surface area contributed by atoms with E-state index in [2.05, 4.69) is 12.2 Å². The van der Waals surface area contributed by atoms with Crippen molar-refractivity contribution in [2.45, 2.75) is 69.6 Å². The second kappa shape index (κ2) is 4.58. The van der Waals surface area contributed by atoms with Gasteiger partial charge in [0.15, 0.2) is 0 Å². The van der Waals surface area contributed by atoms with Gasteiger partial charge in [-0.15, -0.1) is 0 Å². The van der Waals surface area contributed by atoms with Crippen LogP contribution in [-0.2, 0) is 9.53 Å². The van der Waals surface area contributed by atoms with E-state index in [4.69, 9.17) is 10.5 Å². The van der Waals surface area contributed by atoms with Crippen molar-refractivity contribution in [2.24, 2.45) is 5.73 Å². The number of ether oxygens (including phenoxy) is 1. The van der Waals surface area contributed by atoms with Crippen LogP contribution in [0.3, 0.4) is 0 Å². The highest BCUT2D eigenvalue weighted by Gasteiger charge is 2.40. The van der Waals surface area contributed by atoms with Crippen LogP contribution in [0.15, 0.2) is 0 Å². The van der Waals surface area contributed by atoms with Gasteiger partial charge in [0.1, 0.15) is 0 Å². The highest BCUT2D eigenvalue weighted by Crippen LogP contribution is 2.31. The maximum atomic E-state index is 12.1. The molecule has 1 amide bonds. The van der Waals surface area contributed by atoms with Gasteiger partial charge >= 0.3 is 0 Å². The molecular weight excluding hydrogens is 216 g/mol. The lowest BCUT2D eigenvalue weighted by molar-refractivity contribution is -0.124. The largest absolute Gasteiger partial charge is 0.376 e. The molecule has 1 aliphatic carbocycles. The Kier molecular flexibility index (Phi) is 3.46. The fraction of sp³-hybridized carbons (Fsp3) is 0.923. The molecule has 17 heavy (non-hydrogen) atoms. The topological polar surface area (TPSA) is 64.3 Å². The molecule has 0 radical (unpaired) electrons. The molecular formula is C13H24N2O2. The van der Waals surface area contributed by atoms with Crippen LogP contribution in [0.4, 0.5) is 0 Å². The summed E-state index contributed by atoms with van der Waals surface area (Å²) in [5.74, 6) is 0.0780. The first kappa shape index (κ1) is 12.8. The van der Waals surface area contributed by atoms with Crippen LogP contribution >= 0.6 is 0 Å². The van der Waals surface area contributed by atoms with Gasteiger partial charge in [0.05, 0.1) is 11.6 Å². The van der Waals surface area contributed by atoms with Crippen molar-refractivity contribution in [1.29, 1.82) is 0 Å². The monoisotopic (exact) mass is 240 g/mol. The number of carbonyl (C=O) groups is 1. The zero-order valence-electron chi connectivity index (χ0n) is 10.9. The van der Waals surface area contributed by atoms with Gasteiger partial charge in [-0.05, 0) is 33.1 Å². The molecule has 0 aromatic carbocycles. The molecule has 0 spiro atoms. The van der Waals surface area contributed by atoms with E-state index in [-0.39, 0.29) is 23.1 Å². The number of hydrogen-bond donors (Lipinski definition) is 2. The number of nitrogens with one attached hydrogen (secondary N) is 1. The molecule has 3 N–H and O–H groups in total. The van der Waals surface area contributed by atoms with Crippen molar-refractivity contribution >= 4 is 5.91 Å². The van der Waals surface area contributed by atoms with Crippen LogP contribution < -0.4 is 11.1 Å². The summed E-state index contributed by atoms with van der Waals surface area (Å²) < 4.78 is 5.52. The quantitative estimate of drug-likeness (QED) is 0.782. The predicted octanol–water partition coefficient (Wildman–Crippen LogP) is 1.33. The van der Waals surface area contributed by atoms with E-state index in [1.54, 1.807) is 0 Å². The predicted molar refractivity (Wildman–Crippen MR) is 66.6 cm³/mol. The Bertz CT molecular complexity index is 300. The number of carbonyl (C=O) groups excluding carboxylic acids is 1. The van der Waals surface area contributed by atoms with Gasteiger partial charge < -0.3 is 15.8 Å². The Hall–Kier alpha value is -0.610. The highest BCUT2D eigenvalue weighted by atomic mass is 16.5. The average Bonchev–Trinajstić information content (AvgIpc) is 2.75. The minimum absolute atomic E-state index is 0.0780. The lowest BCUT2D eigenvalue weighted by atomic mass is 9.91. The smallest absolute Gasteiger partial charge is 0.222 e. The molecule has 0 aromatic heterocycles. The van der Waals surface area contributed by atoms with E-state index >= 15 is 0 Å². The van der Waals surface area contributed by atoms with Crippen molar-refractivity contribution in [2.75, 3.05) is 6.61 Å². The molecule has 2 unspecified atom stereocenters. The molecule has 2 fully saturated rings. The standard InChI is InChI=1S/C13H24N2O2/c1-10-12(2,7-8-17-10)15-11(16)9-13(14)5-3-4-6-13/h10H,3-9,14H2,1-2H3,(H,15,16). The van der Waals surface area contributed by atoms with Crippen LogP contribution in [0.25, 0.3) is 0 Å². The van der Waals surface area contributed by atoms with Gasteiger partial charge in [-0.25, -0.2) is 0 Å². The Morgan fingerprint density at radius 1 is 1.41 bits per heavy atom. The normalized spacial score (nSPS) is 36.1. The molecule has 0 bridgehead atoms. The third-order valence-corrected chi connectivity index (χ3v) is 4.42. The van der Waals surface area contributed by atoms with Crippen LogP contribution in [0.1, 0.15) is 52.4 Å². The first-order valence-corrected chi connectivity index (χ1v) is 6.65. The Labute approximate surface area is 103 Å². The van der Waals surface area contributed by atoms with Crippen molar-refractivity contribution in [3.63, 3.8) is 0 Å². The number of amides is 1. The molecule has 4 nitrogen and oxygen atoms in total. The summed E-state index contributed by atoms with van der Waals surface area (Å²) in [6.45, 7) is 4.80. The molecule has 4 heteroatoms. The molecule has 98 valence electrons. The van der Waals surface area contributed by atoms with Crippen LogP contribution in [-0.4, -0.2) is 29.7 Å². The van der Waals surface area contributed by atoms with E-state index in [9.17, 15) is 4.79 Å². The molecule has 2 aliphatic rings. The van der Waals surface area contributed by atoms with Gasteiger partial charge in [-0.1, -0.05) is 12.8 Å². The molecule has 1 heterocycles. The van der Waals surface area contributed by atoms with E-state index < -0.39 is 0 Å². The first-order valence-electron chi connectivity index (χ1n) is 6.65. The molecule has 1 saturated heterocycles. The van der Waals surface area contributed by atoms with Crippen molar-refractivity contribution in [3.8, 4) is 0 Å². The van der Waals surface area contributed by atoms with Gasteiger partial charge in [0.25, 0.3) is 0 Å². The van der Waals surface area contributed by atoms with Gasteiger partial charge in [-0.2, -0.15) is 0 Å². The fourth-order valence-corrected chi connectivity index (χ4v) is 2.94. The van der Waals surface area contributed by atoms with Gasteiger partial charge in [-0.3, -0.25) is 4.79 Å². The minimum atomic E-state index is -0.261. The zero-order valence-corrected chi connectivity index (χ0v) is 10.9. The highest BCUT2D eigenvalue weighted by molar-refractivity contribution is 5.78. The van der Waals surface area contributed by atoms with Crippen molar-refractivity contribution < 1.29 is 9.53 Å². The molecule has 2 atom stereocenters. The van der Waals surface area contributed by atoms with Crippen LogP contribution in [0, 0.1) is 0 Å². The first-order chi connectivity index (χ1) is 7.94. The summed E-state index contributed by atoms with van der Waals surface area (Å²) >= 11 is 0. The summed E-state index contributed by atoms with van der Waals surface area (Å²) in [6.07, 6.45) is 5.68. The summed E-state index contributed by atoms with van der Waals surface area (Å²) in [4.78, 5) is 12.1.